The molecule has 1 aliphatic carbocycles. The summed E-state index contributed by atoms with van der Waals surface area (Å²) in [6.45, 7) is 2.17. The molecule has 1 amide bonds. The Hall–Kier alpha value is -3.60. The molecule has 1 saturated heterocycles. The Kier molecular flexibility index (Phi) is 6.28. The van der Waals surface area contributed by atoms with Crippen LogP contribution in [0.3, 0.4) is 0 Å². The first-order valence-electron chi connectivity index (χ1n) is 13.3. The fourth-order valence-corrected chi connectivity index (χ4v) is 5.82. The zero-order valence-electron chi connectivity index (χ0n) is 22.1. The SMILES string of the molecule is CCC1CN(C(=O)c2cc(F)c3c(c2)nc(-c2cc4ccc(OC(F)F)nc4n2CC2CC2)n3C)C(C)C1N. The molecule has 1 aliphatic heterocycles. The lowest BCUT2D eigenvalue weighted by Gasteiger charge is -2.23. The predicted molar refractivity (Wildman–Crippen MR) is 141 cm³/mol. The molecule has 4 heterocycles. The van der Waals surface area contributed by atoms with Crippen molar-refractivity contribution in [3.63, 3.8) is 0 Å². The summed E-state index contributed by atoms with van der Waals surface area (Å²) in [5.41, 5.74) is 8.39. The lowest BCUT2D eigenvalue weighted by Crippen LogP contribution is -2.41. The summed E-state index contributed by atoms with van der Waals surface area (Å²) in [5, 5.41) is 0.737. The molecule has 4 aromatic rings. The number of ether oxygens (including phenoxy) is 1. The van der Waals surface area contributed by atoms with Crippen molar-refractivity contribution >= 4 is 28.0 Å². The third-order valence-electron chi connectivity index (χ3n) is 8.27. The summed E-state index contributed by atoms with van der Waals surface area (Å²) < 4.78 is 49.3. The van der Waals surface area contributed by atoms with Gasteiger partial charge in [-0.05, 0) is 55.9 Å². The van der Waals surface area contributed by atoms with Crippen LogP contribution >= 0.6 is 0 Å². The molecule has 0 spiro atoms. The number of rotatable bonds is 7. The van der Waals surface area contributed by atoms with E-state index in [1.54, 1.807) is 28.6 Å². The quantitative estimate of drug-likeness (QED) is 0.359. The number of imidazole rings is 1. The van der Waals surface area contributed by atoms with Gasteiger partial charge in [-0.25, -0.2) is 9.37 Å². The second-order valence-corrected chi connectivity index (χ2v) is 10.8. The number of amides is 1. The minimum atomic E-state index is -2.98. The molecule has 206 valence electrons. The van der Waals surface area contributed by atoms with Crippen molar-refractivity contribution < 1.29 is 22.7 Å². The number of pyridine rings is 1. The molecule has 1 aromatic carbocycles. The van der Waals surface area contributed by atoms with Crippen molar-refractivity contribution in [3.05, 3.63) is 41.7 Å². The molecule has 6 rings (SSSR count). The fourth-order valence-electron chi connectivity index (χ4n) is 5.82. The molecule has 3 aromatic heterocycles. The molecule has 0 radical (unpaired) electrons. The Labute approximate surface area is 223 Å². The molecule has 1 saturated carbocycles. The van der Waals surface area contributed by atoms with Gasteiger partial charge < -0.3 is 24.5 Å². The van der Waals surface area contributed by atoms with Crippen LogP contribution in [0.25, 0.3) is 33.6 Å². The van der Waals surface area contributed by atoms with Crippen LogP contribution in [0.2, 0.25) is 0 Å². The van der Waals surface area contributed by atoms with Crippen LogP contribution in [0.4, 0.5) is 13.2 Å². The lowest BCUT2D eigenvalue weighted by atomic mass is 9.98. The minimum absolute atomic E-state index is 0.123. The third kappa shape index (κ3) is 4.42. The zero-order valence-corrected chi connectivity index (χ0v) is 22.1. The van der Waals surface area contributed by atoms with Gasteiger partial charge in [0.25, 0.3) is 5.91 Å². The molecule has 3 unspecified atom stereocenters. The molecule has 11 heteroatoms. The summed E-state index contributed by atoms with van der Waals surface area (Å²) in [4.78, 5) is 24.2. The van der Waals surface area contributed by atoms with Crippen LogP contribution in [0, 0.1) is 17.7 Å². The molecular formula is C28H31F3N6O2. The number of carbonyl (C=O) groups excluding carboxylic acids is 1. The van der Waals surface area contributed by atoms with Crippen molar-refractivity contribution in [2.45, 2.75) is 58.3 Å². The lowest BCUT2D eigenvalue weighted by molar-refractivity contribution is -0.0526. The number of fused-ring (bicyclic) bond motifs is 2. The number of hydrogen-bond acceptors (Lipinski definition) is 5. The summed E-state index contributed by atoms with van der Waals surface area (Å²) in [6.07, 6.45) is 2.99. The Balaban J connectivity index is 1.43. The first-order chi connectivity index (χ1) is 18.7. The number of hydrogen-bond donors (Lipinski definition) is 1. The number of aryl methyl sites for hydroxylation is 1. The van der Waals surface area contributed by atoms with Gasteiger partial charge >= 0.3 is 6.61 Å². The highest BCUT2D eigenvalue weighted by Gasteiger charge is 2.39. The Bertz CT molecular complexity index is 1580. The fraction of sp³-hybridized carbons (Fsp3) is 0.464. The van der Waals surface area contributed by atoms with Crippen LogP contribution in [0.1, 0.15) is 43.5 Å². The maximum absolute atomic E-state index is 15.5. The Morgan fingerprint density at radius 2 is 1.97 bits per heavy atom. The number of carbonyl (C=O) groups is 1. The van der Waals surface area contributed by atoms with Crippen molar-refractivity contribution in [2.24, 2.45) is 24.6 Å². The van der Waals surface area contributed by atoms with E-state index in [1.807, 2.05) is 17.6 Å². The summed E-state index contributed by atoms with van der Waals surface area (Å²) in [7, 11) is 1.72. The monoisotopic (exact) mass is 540 g/mol. The maximum Gasteiger partial charge on any atom is 0.388 e. The molecule has 39 heavy (non-hydrogen) atoms. The highest BCUT2D eigenvalue weighted by atomic mass is 19.3. The Morgan fingerprint density at radius 3 is 2.64 bits per heavy atom. The molecular weight excluding hydrogens is 509 g/mol. The van der Waals surface area contributed by atoms with Crippen LogP contribution in [-0.2, 0) is 13.6 Å². The van der Waals surface area contributed by atoms with E-state index < -0.39 is 12.4 Å². The van der Waals surface area contributed by atoms with Gasteiger partial charge in [-0.15, -0.1) is 0 Å². The maximum atomic E-state index is 15.5. The number of likely N-dealkylation sites (tertiary alicyclic amines) is 1. The molecule has 8 nitrogen and oxygen atoms in total. The van der Waals surface area contributed by atoms with Crippen molar-refractivity contribution in [2.75, 3.05) is 6.54 Å². The van der Waals surface area contributed by atoms with Crippen molar-refractivity contribution in [1.82, 2.24) is 24.0 Å². The number of nitrogens with zero attached hydrogens (tertiary/aromatic N) is 5. The van der Waals surface area contributed by atoms with Gasteiger partial charge in [0.1, 0.15) is 17.0 Å². The second-order valence-electron chi connectivity index (χ2n) is 10.8. The van der Waals surface area contributed by atoms with Gasteiger partial charge in [-0.2, -0.15) is 13.8 Å². The van der Waals surface area contributed by atoms with Crippen LogP contribution < -0.4 is 10.5 Å². The molecule has 2 N–H and O–H groups in total. The average Bonchev–Trinajstić information content (AvgIpc) is 3.48. The zero-order chi connectivity index (χ0) is 27.6. The normalized spacial score (nSPS) is 21.5. The Morgan fingerprint density at radius 1 is 1.21 bits per heavy atom. The van der Waals surface area contributed by atoms with E-state index >= 15 is 4.39 Å². The van der Waals surface area contributed by atoms with Gasteiger partial charge in [-0.1, -0.05) is 13.3 Å². The molecule has 2 aliphatic rings. The number of benzene rings is 1. The highest BCUT2D eigenvalue weighted by molar-refractivity contribution is 5.98. The smallest absolute Gasteiger partial charge is 0.388 e. The van der Waals surface area contributed by atoms with Gasteiger partial charge in [0.05, 0.1) is 11.2 Å². The van der Waals surface area contributed by atoms with Gasteiger partial charge in [-0.3, -0.25) is 4.79 Å². The third-order valence-corrected chi connectivity index (χ3v) is 8.27. The molecule has 0 bridgehead atoms. The molecule has 2 fully saturated rings. The van der Waals surface area contributed by atoms with E-state index in [4.69, 9.17) is 10.7 Å². The first kappa shape index (κ1) is 25.7. The van der Waals surface area contributed by atoms with E-state index in [1.165, 1.54) is 12.1 Å². The van der Waals surface area contributed by atoms with Crippen LogP contribution in [-0.4, -0.2) is 55.1 Å². The summed E-state index contributed by atoms with van der Waals surface area (Å²) in [5.74, 6) is 0.159. The first-order valence-corrected chi connectivity index (χ1v) is 13.3. The van der Waals surface area contributed by atoms with Crippen molar-refractivity contribution in [1.29, 1.82) is 0 Å². The van der Waals surface area contributed by atoms with Crippen LogP contribution in [0.5, 0.6) is 5.88 Å². The van der Waals surface area contributed by atoms with Gasteiger partial charge in [0.15, 0.2) is 5.82 Å². The van der Waals surface area contributed by atoms with Crippen LogP contribution in [0.15, 0.2) is 30.3 Å². The van der Waals surface area contributed by atoms with E-state index in [-0.39, 0.29) is 40.9 Å². The second kappa shape index (κ2) is 9.55. The van der Waals surface area contributed by atoms with E-state index in [9.17, 15) is 13.6 Å². The van der Waals surface area contributed by atoms with Gasteiger partial charge in [0, 0.05) is 49.2 Å². The number of alkyl halides is 2. The van der Waals surface area contributed by atoms with E-state index in [0.717, 1.165) is 24.6 Å². The average molecular weight is 541 g/mol. The largest absolute Gasteiger partial charge is 0.417 e. The predicted octanol–water partition coefficient (Wildman–Crippen LogP) is 4.94. The molecule has 3 atom stereocenters. The van der Waals surface area contributed by atoms with Gasteiger partial charge in [0.2, 0.25) is 5.88 Å². The summed E-state index contributed by atoms with van der Waals surface area (Å²) >= 11 is 0. The van der Waals surface area contributed by atoms with Crippen molar-refractivity contribution in [3.8, 4) is 17.4 Å². The number of aromatic nitrogens is 4. The topological polar surface area (TPSA) is 91.2 Å². The number of halogens is 3. The summed E-state index contributed by atoms with van der Waals surface area (Å²) in [6, 6.07) is 7.58. The van der Waals surface area contributed by atoms with E-state index in [0.29, 0.717) is 41.7 Å². The highest BCUT2D eigenvalue weighted by Crippen LogP contribution is 2.37. The number of nitrogens with two attached hydrogens (primary N) is 1. The minimum Gasteiger partial charge on any atom is -0.417 e. The van der Waals surface area contributed by atoms with E-state index in [2.05, 4.69) is 16.6 Å². The standard InChI is InChI=1S/C28H31F3N6O2/c1-4-16-13-36(14(2)23(16)32)27(38)18-9-19(29)24-20(10-18)33-26(35(24)3)21-11-17-7-8-22(39-28(30)31)34-25(17)37(21)12-15-5-6-15/h7-11,14-16,23,28H,4-6,12-13,32H2,1-3H3.